The maximum Gasteiger partial charge on any atom is 0.169 e. The topological polar surface area (TPSA) is 51.6 Å². The van der Waals surface area contributed by atoms with Crippen LogP contribution in [0.2, 0.25) is 0 Å². The molecule has 2 aromatic rings. The first-order valence-corrected chi connectivity index (χ1v) is 6.70. The Morgan fingerprint density at radius 3 is 2.60 bits per heavy atom. The molecule has 0 bridgehead atoms. The molecule has 0 aliphatic carbocycles. The Morgan fingerprint density at radius 2 is 1.90 bits per heavy atom. The molecule has 0 saturated heterocycles. The van der Waals surface area contributed by atoms with Gasteiger partial charge in [0.2, 0.25) is 0 Å². The van der Waals surface area contributed by atoms with Crippen molar-refractivity contribution in [2.45, 2.75) is 26.9 Å². The van der Waals surface area contributed by atoms with Crippen molar-refractivity contribution in [2.75, 3.05) is 6.61 Å². The summed E-state index contributed by atoms with van der Waals surface area (Å²) in [6.45, 7) is 4.47. The average Bonchev–Trinajstić information content (AvgIpc) is 2.47. The summed E-state index contributed by atoms with van der Waals surface area (Å²) < 4.78 is 11.5. The fourth-order valence-electron chi connectivity index (χ4n) is 1.76. The normalized spacial score (nSPS) is 10.3. The number of aryl methyl sites for hydroxylation is 1. The molecule has 0 unspecified atom stereocenters. The van der Waals surface area contributed by atoms with E-state index in [4.69, 9.17) is 9.47 Å². The second-order valence-corrected chi connectivity index (χ2v) is 4.49. The highest BCUT2D eigenvalue weighted by atomic mass is 16.5. The van der Waals surface area contributed by atoms with Gasteiger partial charge in [-0.05, 0) is 25.5 Å². The van der Waals surface area contributed by atoms with Gasteiger partial charge in [0.25, 0.3) is 0 Å². The molecule has 0 saturated carbocycles. The van der Waals surface area contributed by atoms with Gasteiger partial charge in [-0.3, -0.25) is 4.98 Å². The molecule has 0 radical (unpaired) electrons. The molecular weight excluding hydrogens is 254 g/mol. The minimum absolute atomic E-state index is 0.111. The molecule has 1 N–H and O–H groups in total. The van der Waals surface area contributed by atoms with Gasteiger partial charge in [0.15, 0.2) is 11.5 Å². The minimum atomic E-state index is -0.111. The van der Waals surface area contributed by atoms with E-state index in [-0.39, 0.29) is 6.61 Å². The Labute approximate surface area is 119 Å². The van der Waals surface area contributed by atoms with Crippen LogP contribution in [0.1, 0.15) is 24.6 Å². The summed E-state index contributed by atoms with van der Waals surface area (Å²) in [6.07, 6.45) is 2.56. The van der Waals surface area contributed by atoms with E-state index < -0.39 is 0 Å². The molecule has 4 heteroatoms. The quantitative estimate of drug-likeness (QED) is 0.875. The van der Waals surface area contributed by atoms with Gasteiger partial charge in [0, 0.05) is 23.5 Å². The fraction of sp³-hybridized carbons (Fsp3) is 0.312. The standard InChI is InChI=1S/C16H19NO3/c1-3-8-19-14-6-4-5-7-15(14)20-16-9-12(2)17-10-13(16)11-18/h4-7,9-10,18H,3,8,11H2,1-2H3. The third-order valence-corrected chi connectivity index (χ3v) is 2.78. The molecule has 0 fully saturated rings. The second-order valence-electron chi connectivity index (χ2n) is 4.49. The summed E-state index contributed by atoms with van der Waals surface area (Å²) in [5.41, 5.74) is 1.49. The van der Waals surface area contributed by atoms with E-state index in [1.165, 1.54) is 0 Å². The third kappa shape index (κ3) is 3.48. The number of ether oxygens (including phenoxy) is 2. The van der Waals surface area contributed by atoms with E-state index in [1.807, 2.05) is 37.3 Å². The summed E-state index contributed by atoms with van der Waals surface area (Å²) in [7, 11) is 0. The van der Waals surface area contributed by atoms with Gasteiger partial charge >= 0.3 is 0 Å². The van der Waals surface area contributed by atoms with Crippen LogP contribution < -0.4 is 9.47 Å². The van der Waals surface area contributed by atoms with E-state index in [9.17, 15) is 5.11 Å². The van der Waals surface area contributed by atoms with E-state index in [0.29, 0.717) is 29.4 Å². The number of benzene rings is 1. The zero-order valence-electron chi connectivity index (χ0n) is 11.8. The Balaban J connectivity index is 2.27. The Bertz CT molecular complexity index is 569. The summed E-state index contributed by atoms with van der Waals surface area (Å²) >= 11 is 0. The maximum atomic E-state index is 9.35. The highest BCUT2D eigenvalue weighted by Crippen LogP contribution is 2.33. The van der Waals surface area contributed by atoms with E-state index >= 15 is 0 Å². The minimum Gasteiger partial charge on any atom is -0.490 e. The molecule has 0 spiro atoms. The lowest BCUT2D eigenvalue weighted by Crippen LogP contribution is -1.99. The van der Waals surface area contributed by atoms with Crippen molar-refractivity contribution in [1.29, 1.82) is 0 Å². The van der Waals surface area contributed by atoms with Gasteiger partial charge in [0.05, 0.1) is 13.2 Å². The number of pyridine rings is 1. The molecule has 4 nitrogen and oxygen atoms in total. The number of rotatable bonds is 6. The smallest absolute Gasteiger partial charge is 0.169 e. The molecule has 0 amide bonds. The molecule has 1 heterocycles. The monoisotopic (exact) mass is 273 g/mol. The van der Waals surface area contributed by atoms with Gasteiger partial charge in [-0.25, -0.2) is 0 Å². The van der Waals surface area contributed by atoms with Crippen molar-refractivity contribution in [3.63, 3.8) is 0 Å². The van der Waals surface area contributed by atoms with Gasteiger partial charge in [0.1, 0.15) is 5.75 Å². The number of aromatic nitrogens is 1. The van der Waals surface area contributed by atoms with Crippen LogP contribution in [0.4, 0.5) is 0 Å². The Kier molecular flexibility index (Phi) is 4.96. The van der Waals surface area contributed by atoms with Crippen LogP contribution in [-0.2, 0) is 6.61 Å². The zero-order valence-corrected chi connectivity index (χ0v) is 11.8. The molecule has 0 aliphatic rings. The summed E-state index contributed by atoms with van der Waals surface area (Å²) in [5.74, 6) is 1.95. The van der Waals surface area contributed by atoms with Gasteiger partial charge in [-0.1, -0.05) is 19.1 Å². The van der Waals surface area contributed by atoms with Crippen molar-refractivity contribution in [1.82, 2.24) is 4.98 Å². The lowest BCUT2D eigenvalue weighted by atomic mass is 10.2. The first-order valence-electron chi connectivity index (χ1n) is 6.70. The summed E-state index contributed by atoms with van der Waals surface area (Å²) in [4.78, 5) is 4.15. The molecule has 0 atom stereocenters. The third-order valence-electron chi connectivity index (χ3n) is 2.78. The average molecular weight is 273 g/mol. The molecular formula is C16H19NO3. The largest absolute Gasteiger partial charge is 0.490 e. The molecule has 1 aromatic heterocycles. The number of para-hydroxylation sites is 2. The van der Waals surface area contributed by atoms with Crippen LogP contribution in [0, 0.1) is 6.92 Å². The van der Waals surface area contributed by atoms with Crippen LogP contribution in [0.25, 0.3) is 0 Å². The fourth-order valence-corrected chi connectivity index (χ4v) is 1.76. The van der Waals surface area contributed by atoms with Crippen LogP contribution >= 0.6 is 0 Å². The van der Waals surface area contributed by atoms with Crippen LogP contribution in [0.15, 0.2) is 36.5 Å². The number of nitrogens with zero attached hydrogens (tertiary/aromatic N) is 1. The zero-order chi connectivity index (χ0) is 14.4. The second kappa shape index (κ2) is 6.91. The van der Waals surface area contributed by atoms with Crippen LogP contribution in [0.3, 0.4) is 0 Å². The summed E-state index contributed by atoms with van der Waals surface area (Å²) in [5, 5.41) is 9.35. The summed E-state index contributed by atoms with van der Waals surface area (Å²) in [6, 6.07) is 9.32. The van der Waals surface area contributed by atoms with E-state index in [0.717, 1.165) is 12.1 Å². The highest BCUT2D eigenvalue weighted by molar-refractivity contribution is 5.44. The van der Waals surface area contributed by atoms with E-state index in [1.54, 1.807) is 6.20 Å². The SMILES string of the molecule is CCCOc1ccccc1Oc1cc(C)ncc1CO. The molecule has 1 aromatic carbocycles. The van der Waals surface area contributed by atoms with Crippen molar-refractivity contribution in [3.05, 3.63) is 47.8 Å². The first-order chi connectivity index (χ1) is 9.74. The molecule has 20 heavy (non-hydrogen) atoms. The highest BCUT2D eigenvalue weighted by Gasteiger charge is 2.09. The number of aliphatic hydroxyl groups excluding tert-OH is 1. The van der Waals surface area contributed by atoms with Crippen molar-refractivity contribution < 1.29 is 14.6 Å². The predicted molar refractivity (Wildman–Crippen MR) is 77.2 cm³/mol. The number of hydrogen-bond donors (Lipinski definition) is 1. The van der Waals surface area contributed by atoms with E-state index in [2.05, 4.69) is 11.9 Å². The predicted octanol–water partition coefficient (Wildman–Crippen LogP) is 3.46. The van der Waals surface area contributed by atoms with Crippen molar-refractivity contribution in [3.8, 4) is 17.2 Å². The number of hydrogen-bond acceptors (Lipinski definition) is 4. The number of aliphatic hydroxyl groups is 1. The van der Waals surface area contributed by atoms with Crippen LogP contribution in [-0.4, -0.2) is 16.7 Å². The van der Waals surface area contributed by atoms with Gasteiger partial charge < -0.3 is 14.6 Å². The maximum absolute atomic E-state index is 9.35. The lowest BCUT2D eigenvalue weighted by molar-refractivity contribution is 0.273. The van der Waals surface area contributed by atoms with Crippen molar-refractivity contribution in [2.24, 2.45) is 0 Å². The van der Waals surface area contributed by atoms with Crippen molar-refractivity contribution >= 4 is 0 Å². The Hall–Kier alpha value is -2.07. The van der Waals surface area contributed by atoms with Gasteiger partial charge in [-0.15, -0.1) is 0 Å². The molecule has 106 valence electrons. The van der Waals surface area contributed by atoms with Crippen LogP contribution in [0.5, 0.6) is 17.2 Å². The van der Waals surface area contributed by atoms with Gasteiger partial charge in [-0.2, -0.15) is 0 Å². The molecule has 0 aliphatic heterocycles. The first kappa shape index (κ1) is 14.3. The molecule has 2 rings (SSSR count). The lowest BCUT2D eigenvalue weighted by Gasteiger charge is -2.14. The Morgan fingerprint density at radius 1 is 1.15 bits per heavy atom.